The summed E-state index contributed by atoms with van der Waals surface area (Å²) < 4.78 is 25.3. The Kier molecular flexibility index (Phi) is 7.54. The number of hydrogen-bond acceptors (Lipinski definition) is 7. The lowest BCUT2D eigenvalue weighted by Gasteiger charge is -2.41. The second kappa shape index (κ2) is 9.79. The Labute approximate surface area is 184 Å². The minimum Gasteiger partial charge on any atom is -0.462 e. The summed E-state index contributed by atoms with van der Waals surface area (Å²) in [6, 6.07) is 7.80. The van der Waals surface area contributed by atoms with Crippen LogP contribution in [0, 0.1) is 12.7 Å². The standard InChI is InChI=1S/C22H26ClFO7/c1-10-3-4-12(7-16(10)24)5-14-15(23)6-13(9-25)8-17(14)30-22-20(29)18(27)19(28)21(31-22)11(2)26/h3-4,6-8,11,18-22,25-29H,5,9H2,1-2H3/t11-,18+,19+,20-,21-,22-/m1/s1. The second-order valence-electron chi connectivity index (χ2n) is 7.77. The SMILES string of the molecule is Cc1ccc(Cc2c(Cl)cc(CO)cc2O[C@@H]2O[C@H]([C@@H](C)O)[C@@H](O)[C@H](O)[C@H]2O)cc1F. The largest absolute Gasteiger partial charge is 0.462 e. The van der Waals surface area contributed by atoms with Crippen LogP contribution in [-0.4, -0.2) is 62.3 Å². The predicted molar refractivity (Wildman–Crippen MR) is 110 cm³/mol. The first-order valence-electron chi connectivity index (χ1n) is 9.84. The Balaban J connectivity index is 1.95. The topological polar surface area (TPSA) is 120 Å². The van der Waals surface area contributed by atoms with Crippen molar-refractivity contribution in [2.24, 2.45) is 0 Å². The third-order valence-corrected chi connectivity index (χ3v) is 5.68. The molecule has 7 nitrogen and oxygen atoms in total. The van der Waals surface area contributed by atoms with Crippen molar-refractivity contribution < 1.29 is 39.4 Å². The molecule has 0 spiro atoms. The summed E-state index contributed by atoms with van der Waals surface area (Å²) in [5, 5.41) is 50.2. The van der Waals surface area contributed by atoms with E-state index in [1.165, 1.54) is 19.1 Å². The van der Waals surface area contributed by atoms with Gasteiger partial charge in [-0.2, -0.15) is 0 Å². The predicted octanol–water partition coefficient (Wildman–Crippen LogP) is 1.44. The summed E-state index contributed by atoms with van der Waals surface area (Å²) in [6.45, 7) is 2.69. The molecule has 1 aliphatic rings. The Morgan fingerprint density at radius 2 is 1.81 bits per heavy atom. The Morgan fingerprint density at radius 1 is 1.10 bits per heavy atom. The monoisotopic (exact) mass is 456 g/mol. The van der Waals surface area contributed by atoms with Gasteiger partial charge in [-0.25, -0.2) is 4.39 Å². The van der Waals surface area contributed by atoms with Crippen LogP contribution < -0.4 is 4.74 Å². The summed E-state index contributed by atoms with van der Waals surface area (Å²) in [5.74, 6) is -0.222. The van der Waals surface area contributed by atoms with E-state index < -0.39 is 36.8 Å². The van der Waals surface area contributed by atoms with Crippen LogP contribution in [0.4, 0.5) is 4.39 Å². The van der Waals surface area contributed by atoms with Crippen LogP contribution in [0.3, 0.4) is 0 Å². The molecule has 5 N–H and O–H groups in total. The number of aliphatic hydroxyl groups is 5. The molecular formula is C22H26ClFO7. The molecule has 1 fully saturated rings. The molecule has 0 aromatic heterocycles. The molecule has 0 saturated carbocycles. The quantitative estimate of drug-likeness (QED) is 0.446. The van der Waals surface area contributed by atoms with Gasteiger partial charge in [0, 0.05) is 17.0 Å². The van der Waals surface area contributed by atoms with Crippen LogP contribution in [-0.2, 0) is 17.8 Å². The fourth-order valence-corrected chi connectivity index (χ4v) is 3.78. The van der Waals surface area contributed by atoms with Gasteiger partial charge in [0.25, 0.3) is 0 Å². The van der Waals surface area contributed by atoms with Crippen LogP contribution >= 0.6 is 11.6 Å². The molecule has 6 atom stereocenters. The number of halogens is 2. The van der Waals surface area contributed by atoms with Gasteiger partial charge in [0.15, 0.2) is 0 Å². The highest BCUT2D eigenvalue weighted by atomic mass is 35.5. The lowest BCUT2D eigenvalue weighted by atomic mass is 9.96. The number of aliphatic hydroxyl groups excluding tert-OH is 5. The van der Waals surface area contributed by atoms with Crippen LogP contribution in [0.15, 0.2) is 30.3 Å². The van der Waals surface area contributed by atoms with Crippen LogP contribution in [0.2, 0.25) is 5.02 Å². The molecule has 9 heteroatoms. The first kappa shape index (κ1) is 23.9. The maximum absolute atomic E-state index is 14.0. The first-order valence-corrected chi connectivity index (χ1v) is 10.2. The zero-order chi connectivity index (χ0) is 22.9. The van der Waals surface area contributed by atoms with Crippen molar-refractivity contribution in [1.29, 1.82) is 0 Å². The molecule has 1 heterocycles. The maximum Gasteiger partial charge on any atom is 0.229 e. The molecule has 0 bridgehead atoms. The van der Waals surface area contributed by atoms with Gasteiger partial charge in [-0.1, -0.05) is 23.7 Å². The zero-order valence-electron chi connectivity index (χ0n) is 17.1. The molecule has 0 unspecified atom stereocenters. The van der Waals surface area contributed by atoms with Gasteiger partial charge >= 0.3 is 0 Å². The van der Waals surface area contributed by atoms with Gasteiger partial charge in [0.05, 0.1) is 12.7 Å². The molecule has 0 radical (unpaired) electrons. The molecule has 3 rings (SSSR count). The molecule has 31 heavy (non-hydrogen) atoms. The molecular weight excluding hydrogens is 431 g/mol. The van der Waals surface area contributed by atoms with Crippen molar-refractivity contribution in [2.45, 2.75) is 63.7 Å². The fourth-order valence-electron chi connectivity index (χ4n) is 3.48. The normalized spacial score (nSPS) is 27.2. The second-order valence-corrected chi connectivity index (χ2v) is 8.18. The van der Waals surface area contributed by atoms with Crippen molar-refractivity contribution in [2.75, 3.05) is 0 Å². The highest BCUT2D eigenvalue weighted by Crippen LogP contribution is 2.34. The Bertz CT molecular complexity index is 923. The van der Waals surface area contributed by atoms with Gasteiger partial charge in [-0.3, -0.25) is 0 Å². The number of ether oxygens (including phenoxy) is 2. The minimum atomic E-state index is -1.62. The van der Waals surface area contributed by atoms with Gasteiger partial charge in [-0.15, -0.1) is 0 Å². The summed E-state index contributed by atoms with van der Waals surface area (Å²) in [5.41, 5.74) is 2.00. The van der Waals surface area contributed by atoms with Gasteiger partial charge in [0.2, 0.25) is 6.29 Å². The molecule has 1 aliphatic heterocycles. The minimum absolute atomic E-state index is 0.148. The van der Waals surface area contributed by atoms with Gasteiger partial charge in [0.1, 0.15) is 36.0 Å². The summed E-state index contributed by atoms with van der Waals surface area (Å²) in [4.78, 5) is 0. The third kappa shape index (κ3) is 5.18. The van der Waals surface area contributed by atoms with E-state index in [0.717, 1.165) is 0 Å². The average molecular weight is 457 g/mol. The number of aryl methyl sites for hydroxylation is 1. The summed E-state index contributed by atoms with van der Waals surface area (Å²) >= 11 is 6.40. The Hall–Kier alpha value is -1.78. The van der Waals surface area contributed by atoms with E-state index in [2.05, 4.69) is 0 Å². The van der Waals surface area contributed by atoms with Crippen LogP contribution in [0.25, 0.3) is 0 Å². The smallest absolute Gasteiger partial charge is 0.229 e. The van der Waals surface area contributed by atoms with Gasteiger partial charge in [-0.05, 0) is 48.7 Å². The van der Waals surface area contributed by atoms with Gasteiger partial charge < -0.3 is 35.0 Å². The molecule has 2 aromatic carbocycles. The van der Waals surface area contributed by atoms with Crippen molar-refractivity contribution in [3.63, 3.8) is 0 Å². The van der Waals surface area contributed by atoms with Crippen molar-refractivity contribution in [3.05, 3.63) is 63.4 Å². The van der Waals surface area contributed by atoms with E-state index in [4.69, 9.17) is 21.1 Å². The molecule has 1 saturated heterocycles. The summed E-state index contributed by atoms with van der Waals surface area (Å²) in [7, 11) is 0. The third-order valence-electron chi connectivity index (χ3n) is 5.34. The van der Waals surface area contributed by atoms with E-state index in [0.29, 0.717) is 22.3 Å². The van der Waals surface area contributed by atoms with E-state index in [1.54, 1.807) is 25.1 Å². The maximum atomic E-state index is 14.0. The number of rotatable bonds is 6. The van der Waals surface area contributed by atoms with E-state index >= 15 is 0 Å². The van der Waals surface area contributed by atoms with E-state index in [1.807, 2.05) is 0 Å². The molecule has 0 amide bonds. The number of benzene rings is 2. The van der Waals surface area contributed by atoms with Crippen molar-refractivity contribution in [3.8, 4) is 5.75 Å². The number of hydrogen-bond donors (Lipinski definition) is 5. The first-order chi connectivity index (χ1) is 14.6. The highest BCUT2D eigenvalue weighted by molar-refractivity contribution is 6.31. The van der Waals surface area contributed by atoms with E-state index in [-0.39, 0.29) is 29.6 Å². The molecule has 0 aliphatic carbocycles. The van der Waals surface area contributed by atoms with Crippen LogP contribution in [0.5, 0.6) is 5.75 Å². The average Bonchev–Trinajstić information content (AvgIpc) is 2.72. The lowest BCUT2D eigenvalue weighted by molar-refractivity contribution is -0.286. The summed E-state index contributed by atoms with van der Waals surface area (Å²) in [6.07, 6.45) is -8.35. The molecule has 170 valence electrons. The highest BCUT2D eigenvalue weighted by Gasteiger charge is 2.46. The van der Waals surface area contributed by atoms with E-state index in [9.17, 15) is 29.9 Å². The zero-order valence-corrected chi connectivity index (χ0v) is 17.8. The Morgan fingerprint density at radius 3 is 2.42 bits per heavy atom. The lowest BCUT2D eigenvalue weighted by Crippen LogP contribution is -2.61. The fraction of sp³-hybridized carbons (Fsp3) is 0.455. The van der Waals surface area contributed by atoms with Crippen molar-refractivity contribution in [1.82, 2.24) is 0 Å². The van der Waals surface area contributed by atoms with Crippen molar-refractivity contribution >= 4 is 11.6 Å². The molecule has 2 aromatic rings. The van der Waals surface area contributed by atoms with Crippen LogP contribution in [0.1, 0.15) is 29.2 Å².